The van der Waals surface area contributed by atoms with Gasteiger partial charge in [-0.3, -0.25) is 4.79 Å². The molecule has 0 amide bonds. The number of aliphatic carboxylic acids is 1. The summed E-state index contributed by atoms with van der Waals surface area (Å²) in [6.07, 6.45) is -0.134. The molecule has 0 unspecified atom stereocenters. The van der Waals surface area contributed by atoms with E-state index in [2.05, 4.69) is 10.3 Å². The minimum atomic E-state index is -0.938. The molecule has 0 saturated heterocycles. The van der Waals surface area contributed by atoms with Gasteiger partial charge in [-0.25, -0.2) is 9.38 Å². The van der Waals surface area contributed by atoms with Gasteiger partial charge in [-0.2, -0.15) is 0 Å². The van der Waals surface area contributed by atoms with Crippen LogP contribution in [0.1, 0.15) is 29.2 Å². The zero-order valence-electron chi connectivity index (χ0n) is 18.1. The number of aliphatic imine (C=N–C) groups is 1. The Morgan fingerprint density at radius 3 is 2.58 bits per heavy atom. The monoisotopic (exact) mass is 445 g/mol. The minimum absolute atomic E-state index is 0.134. The molecular weight excluding hydrogens is 421 g/mol. The molecule has 33 heavy (non-hydrogen) atoms. The third kappa shape index (κ3) is 5.10. The predicted molar refractivity (Wildman–Crippen MR) is 127 cm³/mol. The fraction of sp³-hybridized carbons (Fsp3) is 0.154. The van der Waals surface area contributed by atoms with E-state index in [1.165, 1.54) is 12.1 Å². The van der Waals surface area contributed by atoms with Gasteiger partial charge in [0.05, 0.1) is 28.9 Å². The Balaban J connectivity index is 1.86. The van der Waals surface area contributed by atoms with Crippen LogP contribution in [-0.2, 0) is 17.8 Å². The minimum Gasteiger partial charge on any atom is -0.494 e. The zero-order chi connectivity index (χ0) is 23.4. The lowest BCUT2D eigenvalue weighted by molar-refractivity contribution is -0.136. The van der Waals surface area contributed by atoms with E-state index >= 15 is 0 Å². The van der Waals surface area contributed by atoms with Gasteiger partial charge in [-0.1, -0.05) is 37.3 Å². The van der Waals surface area contributed by atoms with Crippen LogP contribution in [0.3, 0.4) is 0 Å². The summed E-state index contributed by atoms with van der Waals surface area (Å²) < 4.78 is 13.8. The van der Waals surface area contributed by atoms with Crippen LogP contribution < -0.4 is 5.32 Å². The molecule has 1 heterocycles. The number of rotatable bonds is 8. The molecule has 0 radical (unpaired) electrons. The second-order valence-corrected chi connectivity index (χ2v) is 7.72. The highest BCUT2D eigenvalue weighted by atomic mass is 19.1. The highest BCUT2D eigenvalue weighted by Crippen LogP contribution is 2.32. The molecule has 4 N–H and O–H groups in total. The number of carboxylic acids is 1. The first kappa shape index (κ1) is 22.2. The van der Waals surface area contributed by atoms with Gasteiger partial charge in [0.2, 0.25) is 0 Å². The standard InChI is InChI=1S/C26H24FN3O3/c1-2-28-15-16-6-9-20(10-7-16)29-25(18-5-3-4-17(12-18)13-23(31)32)24-21-11-8-19(27)14-22(21)30-26(24)33/h3-12,14,28,30,33H,2,13,15H2,1H3,(H,31,32). The number of nitrogens with zero attached hydrogens (tertiary/aromatic N) is 1. The summed E-state index contributed by atoms with van der Waals surface area (Å²) in [6, 6.07) is 19.0. The largest absolute Gasteiger partial charge is 0.494 e. The Morgan fingerprint density at radius 1 is 1.06 bits per heavy atom. The van der Waals surface area contributed by atoms with E-state index < -0.39 is 11.8 Å². The summed E-state index contributed by atoms with van der Waals surface area (Å²) >= 11 is 0. The van der Waals surface area contributed by atoms with E-state index in [9.17, 15) is 19.4 Å². The van der Waals surface area contributed by atoms with Crippen molar-refractivity contribution in [1.82, 2.24) is 10.3 Å². The van der Waals surface area contributed by atoms with E-state index in [4.69, 9.17) is 4.99 Å². The number of benzene rings is 3. The normalized spacial score (nSPS) is 11.8. The van der Waals surface area contributed by atoms with Gasteiger partial charge in [0.15, 0.2) is 5.88 Å². The molecule has 0 atom stereocenters. The first-order chi connectivity index (χ1) is 15.9. The second kappa shape index (κ2) is 9.67. The van der Waals surface area contributed by atoms with Crippen molar-refractivity contribution in [2.75, 3.05) is 6.54 Å². The van der Waals surface area contributed by atoms with Gasteiger partial charge in [0.1, 0.15) is 5.82 Å². The van der Waals surface area contributed by atoms with Crippen molar-refractivity contribution in [1.29, 1.82) is 0 Å². The van der Waals surface area contributed by atoms with Crippen molar-refractivity contribution in [2.45, 2.75) is 19.9 Å². The molecule has 1 aromatic heterocycles. The number of H-pyrrole nitrogens is 1. The highest BCUT2D eigenvalue weighted by molar-refractivity contribution is 6.22. The lowest BCUT2D eigenvalue weighted by Crippen LogP contribution is -2.11. The Hall–Kier alpha value is -3.97. The van der Waals surface area contributed by atoms with Crippen molar-refractivity contribution < 1.29 is 19.4 Å². The summed E-state index contributed by atoms with van der Waals surface area (Å²) in [5.74, 6) is -1.50. The molecule has 0 fully saturated rings. The van der Waals surface area contributed by atoms with Gasteiger partial charge in [-0.15, -0.1) is 0 Å². The molecular formula is C26H24FN3O3. The number of aromatic amines is 1. The lowest BCUT2D eigenvalue weighted by Gasteiger charge is -2.10. The smallest absolute Gasteiger partial charge is 0.307 e. The third-order valence-corrected chi connectivity index (χ3v) is 5.29. The maximum Gasteiger partial charge on any atom is 0.307 e. The Kier molecular flexibility index (Phi) is 6.51. The summed E-state index contributed by atoms with van der Waals surface area (Å²) in [7, 11) is 0. The maximum absolute atomic E-state index is 13.8. The van der Waals surface area contributed by atoms with Crippen LogP contribution in [-0.4, -0.2) is 33.4 Å². The Bertz CT molecular complexity index is 1330. The van der Waals surface area contributed by atoms with Gasteiger partial charge in [0, 0.05) is 17.5 Å². The molecule has 0 spiro atoms. The molecule has 3 aromatic carbocycles. The van der Waals surface area contributed by atoms with Crippen molar-refractivity contribution in [3.05, 3.63) is 94.8 Å². The molecule has 0 saturated carbocycles. The number of aromatic hydroxyl groups is 1. The molecule has 7 heteroatoms. The summed E-state index contributed by atoms with van der Waals surface area (Å²) in [5, 5.41) is 23.8. The molecule has 4 aromatic rings. The van der Waals surface area contributed by atoms with Gasteiger partial charge < -0.3 is 20.5 Å². The molecule has 0 aliphatic heterocycles. The second-order valence-electron chi connectivity index (χ2n) is 7.72. The van der Waals surface area contributed by atoms with Crippen LogP contribution in [0.4, 0.5) is 10.1 Å². The fourth-order valence-electron chi connectivity index (χ4n) is 3.75. The summed E-state index contributed by atoms with van der Waals surface area (Å²) in [5.41, 5.74) is 4.37. The Morgan fingerprint density at radius 2 is 1.85 bits per heavy atom. The summed E-state index contributed by atoms with van der Waals surface area (Å²) in [4.78, 5) is 18.9. The van der Waals surface area contributed by atoms with E-state index in [0.717, 1.165) is 18.7 Å². The first-order valence-corrected chi connectivity index (χ1v) is 10.6. The van der Waals surface area contributed by atoms with Crippen LogP contribution in [0.5, 0.6) is 5.88 Å². The van der Waals surface area contributed by atoms with Crippen molar-refractivity contribution in [3.8, 4) is 5.88 Å². The van der Waals surface area contributed by atoms with Crippen LogP contribution in [0.25, 0.3) is 10.9 Å². The molecule has 168 valence electrons. The number of nitrogens with one attached hydrogen (secondary N) is 2. The van der Waals surface area contributed by atoms with Crippen LogP contribution >= 0.6 is 0 Å². The first-order valence-electron chi connectivity index (χ1n) is 10.6. The number of hydrogen-bond acceptors (Lipinski definition) is 4. The van der Waals surface area contributed by atoms with Crippen LogP contribution in [0.15, 0.2) is 71.7 Å². The summed E-state index contributed by atoms with van der Waals surface area (Å²) in [6.45, 7) is 3.67. The van der Waals surface area contributed by atoms with Crippen LogP contribution in [0, 0.1) is 5.82 Å². The van der Waals surface area contributed by atoms with E-state index in [-0.39, 0.29) is 12.3 Å². The van der Waals surface area contributed by atoms with Crippen molar-refractivity contribution in [3.63, 3.8) is 0 Å². The number of halogens is 1. The number of hydrogen-bond donors (Lipinski definition) is 4. The highest BCUT2D eigenvalue weighted by Gasteiger charge is 2.19. The number of carbonyl (C=O) groups is 1. The fourth-order valence-corrected chi connectivity index (χ4v) is 3.75. The topological polar surface area (TPSA) is 97.7 Å². The van der Waals surface area contributed by atoms with E-state index in [0.29, 0.717) is 39.0 Å². The lowest BCUT2D eigenvalue weighted by atomic mass is 9.98. The number of aromatic nitrogens is 1. The van der Waals surface area contributed by atoms with E-state index in [1.807, 2.05) is 37.3 Å². The number of carboxylic acid groups (broad SMARTS) is 1. The zero-order valence-corrected chi connectivity index (χ0v) is 18.1. The molecule has 0 aliphatic rings. The predicted octanol–water partition coefficient (Wildman–Crippen LogP) is 4.92. The van der Waals surface area contributed by atoms with E-state index in [1.54, 1.807) is 24.3 Å². The number of fused-ring (bicyclic) bond motifs is 1. The third-order valence-electron chi connectivity index (χ3n) is 5.29. The molecule has 4 rings (SSSR count). The van der Waals surface area contributed by atoms with Gasteiger partial charge in [-0.05, 0) is 54.1 Å². The van der Waals surface area contributed by atoms with Crippen LogP contribution in [0.2, 0.25) is 0 Å². The quantitative estimate of drug-likeness (QED) is 0.290. The van der Waals surface area contributed by atoms with Crippen molar-refractivity contribution >= 4 is 28.3 Å². The maximum atomic E-state index is 13.8. The average Bonchev–Trinajstić information content (AvgIpc) is 3.11. The van der Waals surface area contributed by atoms with Crippen molar-refractivity contribution in [2.24, 2.45) is 4.99 Å². The molecule has 0 bridgehead atoms. The van der Waals surface area contributed by atoms with Gasteiger partial charge >= 0.3 is 5.97 Å². The molecule has 0 aliphatic carbocycles. The van der Waals surface area contributed by atoms with Gasteiger partial charge in [0.25, 0.3) is 0 Å². The molecule has 6 nitrogen and oxygen atoms in total. The Labute approximate surface area is 190 Å². The average molecular weight is 445 g/mol. The SMILES string of the molecule is CCNCc1ccc(N=C(c2cccc(CC(=O)O)c2)c2c(O)[nH]c3cc(F)ccc23)cc1.